The second-order valence-electron chi connectivity index (χ2n) is 4.80. The third-order valence-corrected chi connectivity index (χ3v) is 4.52. The van der Waals surface area contributed by atoms with Crippen molar-refractivity contribution in [3.05, 3.63) is 40.6 Å². The Bertz CT molecular complexity index is 642. The number of fused-ring (bicyclic) bond motifs is 1. The summed E-state index contributed by atoms with van der Waals surface area (Å²) in [6, 6.07) is 9.24. The molecular formula is C15H16N2O3S. The lowest BCUT2D eigenvalue weighted by Crippen LogP contribution is -2.33. The molecule has 1 N–H and O–H groups in total. The first-order chi connectivity index (χ1) is 10.1. The number of urea groups is 1. The first-order valence-electron chi connectivity index (χ1n) is 6.62. The van der Waals surface area contributed by atoms with Gasteiger partial charge in [-0.2, -0.15) is 0 Å². The third-order valence-electron chi connectivity index (χ3n) is 3.48. The monoisotopic (exact) mass is 304 g/mol. The number of hydrogen-bond donors (Lipinski definition) is 1. The van der Waals surface area contributed by atoms with E-state index in [-0.39, 0.29) is 18.9 Å². The Labute approximate surface area is 127 Å². The molecule has 1 aliphatic heterocycles. The molecular weight excluding hydrogens is 288 g/mol. The van der Waals surface area contributed by atoms with Crippen LogP contribution in [0, 0.1) is 0 Å². The van der Waals surface area contributed by atoms with E-state index >= 15 is 0 Å². The molecule has 0 bridgehead atoms. The number of ether oxygens (including phenoxy) is 2. The van der Waals surface area contributed by atoms with Gasteiger partial charge in [0.15, 0.2) is 11.5 Å². The van der Waals surface area contributed by atoms with E-state index in [1.54, 1.807) is 41.5 Å². The number of benzene rings is 1. The first-order valence-corrected chi connectivity index (χ1v) is 7.50. The van der Waals surface area contributed by atoms with Crippen LogP contribution in [0.2, 0.25) is 0 Å². The molecule has 1 aromatic carbocycles. The van der Waals surface area contributed by atoms with E-state index in [0.717, 1.165) is 4.88 Å². The number of carbonyl (C=O) groups excluding carboxylic acids is 1. The van der Waals surface area contributed by atoms with Crippen molar-refractivity contribution in [3.63, 3.8) is 0 Å². The zero-order valence-corrected chi connectivity index (χ0v) is 12.6. The lowest BCUT2D eigenvalue weighted by molar-refractivity contribution is 0.174. The summed E-state index contributed by atoms with van der Waals surface area (Å²) in [5.41, 5.74) is 0.689. The summed E-state index contributed by atoms with van der Waals surface area (Å²) in [5, 5.41) is 4.88. The van der Waals surface area contributed by atoms with E-state index < -0.39 is 0 Å². The van der Waals surface area contributed by atoms with Crippen LogP contribution in [0.1, 0.15) is 17.8 Å². The molecule has 6 heteroatoms. The molecule has 2 aromatic rings. The zero-order chi connectivity index (χ0) is 14.8. The van der Waals surface area contributed by atoms with Gasteiger partial charge in [0.25, 0.3) is 0 Å². The maximum atomic E-state index is 12.3. The van der Waals surface area contributed by atoms with E-state index in [2.05, 4.69) is 5.32 Å². The van der Waals surface area contributed by atoms with Crippen LogP contribution in [-0.4, -0.2) is 24.8 Å². The number of thiophene rings is 1. The lowest BCUT2D eigenvalue weighted by atomic mass is 10.2. The Morgan fingerprint density at radius 2 is 2.14 bits per heavy atom. The number of nitrogens with zero attached hydrogens (tertiary/aromatic N) is 1. The van der Waals surface area contributed by atoms with E-state index in [4.69, 9.17) is 9.47 Å². The van der Waals surface area contributed by atoms with Gasteiger partial charge in [0.1, 0.15) is 0 Å². The molecule has 0 aliphatic carbocycles. The Morgan fingerprint density at radius 3 is 2.90 bits per heavy atom. The van der Waals surface area contributed by atoms with Crippen LogP contribution in [0.15, 0.2) is 35.7 Å². The molecule has 0 saturated carbocycles. The van der Waals surface area contributed by atoms with Crippen molar-refractivity contribution >= 4 is 23.1 Å². The highest BCUT2D eigenvalue weighted by molar-refractivity contribution is 7.10. The number of carbonyl (C=O) groups is 1. The number of amides is 2. The van der Waals surface area contributed by atoms with Gasteiger partial charge in [-0.1, -0.05) is 6.07 Å². The van der Waals surface area contributed by atoms with Gasteiger partial charge < -0.3 is 19.7 Å². The van der Waals surface area contributed by atoms with Gasteiger partial charge in [-0.05, 0) is 30.5 Å². The van der Waals surface area contributed by atoms with Crippen molar-refractivity contribution in [1.82, 2.24) is 4.90 Å². The molecule has 110 valence electrons. The van der Waals surface area contributed by atoms with Gasteiger partial charge in [0, 0.05) is 23.7 Å². The van der Waals surface area contributed by atoms with Gasteiger partial charge in [-0.15, -0.1) is 11.3 Å². The van der Waals surface area contributed by atoms with Crippen molar-refractivity contribution in [2.45, 2.75) is 13.0 Å². The molecule has 0 spiro atoms. The summed E-state index contributed by atoms with van der Waals surface area (Å²) in [5.74, 6) is 1.36. The van der Waals surface area contributed by atoms with Gasteiger partial charge >= 0.3 is 6.03 Å². The minimum absolute atomic E-state index is 0.0269. The average Bonchev–Trinajstić information content (AvgIpc) is 3.16. The van der Waals surface area contributed by atoms with Crippen molar-refractivity contribution in [2.24, 2.45) is 0 Å². The Balaban J connectivity index is 1.68. The van der Waals surface area contributed by atoms with Crippen LogP contribution in [0.5, 0.6) is 11.5 Å². The van der Waals surface area contributed by atoms with E-state index in [1.165, 1.54) is 0 Å². The van der Waals surface area contributed by atoms with E-state index in [0.29, 0.717) is 17.2 Å². The number of anilines is 1. The molecule has 2 heterocycles. The Kier molecular flexibility index (Phi) is 3.70. The molecule has 0 saturated heterocycles. The molecule has 3 rings (SSSR count). The minimum atomic E-state index is -0.158. The fourth-order valence-electron chi connectivity index (χ4n) is 2.08. The molecule has 1 aliphatic rings. The predicted molar refractivity (Wildman–Crippen MR) is 82.1 cm³/mol. The lowest BCUT2D eigenvalue weighted by Gasteiger charge is -2.24. The highest BCUT2D eigenvalue weighted by Gasteiger charge is 2.19. The van der Waals surface area contributed by atoms with Crippen molar-refractivity contribution < 1.29 is 14.3 Å². The summed E-state index contributed by atoms with van der Waals surface area (Å²) >= 11 is 1.64. The summed E-state index contributed by atoms with van der Waals surface area (Å²) in [7, 11) is 1.78. The normalized spacial score (nSPS) is 13.8. The first kappa shape index (κ1) is 13.8. The minimum Gasteiger partial charge on any atom is -0.454 e. The second-order valence-corrected chi connectivity index (χ2v) is 5.78. The van der Waals surface area contributed by atoms with Gasteiger partial charge in [0.2, 0.25) is 6.79 Å². The van der Waals surface area contributed by atoms with Crippen molar-refractivity contribution in [3.8, 4) is 11.5 Å². The average molecular weight is 304 g/mol. The molecule has 1 unspecified atom stereocenters. The quantitative estimate of drug-likeness (QED) is 0.940. The van der Waals surface area contributed by atoms with Crippen LogP contribution >= 0.6 is 11.3 Å². The summed E-state index contributed by atoms with van der Waals surface area (Å²) in [6.07, 6.45) is 0. The van der Waals surface area contributed by atoms with Crippen LogP contribution < -0.4 is 14.8 Å². The van der Waals surface area contributed by atoms with Crippen LogP contribution in [0.3, 0.4) is 0 Å². The van der Waals surface area contributed by atoms with Gasteiger partial charge in [0.05, 0.1) is 6.04 Å². The van der Waals surface area contributed by atoms with Crippen LogP contribution in [-0.2, 0) is 0 Å². The molecule has 1 aromatic heterocycles. The van der Waals surface area contributed by atoms with Gasteiger partial charge in [-0.3, -0.25) is 0 Å². The summed E-state index contributed by atoms with van der Waals surface area (Å²) in [6.45, 7) is 2.23. The van der Waals surface area contributed by atoms with Crippen molar-refractivity contribution in [1.29, 1.82) is 0 Å². The molecule has 5 nitrogen and oxygen atoms in total. The van der Waals surface area contributed by atoms with Crippen LogP contribution in [0.25, 0.3) is 0 Å². The fraction of sp³-hybridized carbons (Fsp3) is 0.267. The standard InChI is InChI=1S/C15H16N2O3S/c1-10(14-4-3-7-21-14)17(2)15(18)16-11-5-6-12-13(8-11)20-9-19-12/h3-8,10H,9H2,1-2H3,(H,16,18). The van der Waals surface area contributed by atoms with Gasteiger partial charge in [-0.25, -0.2) is 4.79 Å². The van der Waals surface area contributed by atoms with E-state index in [1.807, 2.05) is 24.4 Å². The summed E-state index contributed by atoms with van der Waals surface area (Å²) < 4.78 is 10.6. The number of nitrogens with one attached hydrogen (secondary N) is 1. The molecule has 0 radical (unpaired) electrons. The summed E-state index contributed by atoms with van der Waals surface area (Å²) in [4.78, 5) is 15.1. The Hall–Kier alpha value is -2.21. The Morgan fingerprint density at radius 1 is 1.33 bits per heavy atom. The maximum absolute atomic E-state index is 12.3. The topological polar surface area (TPSA) is 50.8 Å². The highest BCUT2D eigenvalue weighted by atomic mass is 32.1. The van der Waals surface area contributed by atoms with Crippen molar-refractivity contribution in [2.75, 3.05) is 19.2 Å². The largest absolute Gasteiger partial charge is 0.454 e. The second kappa shape index (κ2) is 5.65. The highest BCUT2D eigenvalue weighted by Crippen LogP contribution is 2.34. The molecule has 0 fully saturated rings. The third kappa shape index (κ3) is 2.80. The smallest absolute Gasteiger partial charge is 0.322 e. The molecule has 1 atom stereocenters. The van der Waals surface area contributed by atoms with Crippen LogP contribution in [0.4, 0.5) is 10.5 Å². The predicted octanol–water partition coefficient (Wildman–Crippen LogP) is 3.70. The van der Waals surface area contributed by atoms with E-state index in [9.17, 15) is 4.79 Å². The maximum Gasteiger partial charge on any atom is 0.322 e. The molecule has 2 amide bonds. The number of hydrogen-bond acceptors (Lipinski definition) is 4. The SMILES string of the molecule is CC(c1cccs1)N(C)C(=O)Nc1ccc2c(c1)OCO2. The fourth-order valence-corrected chi connectivity index (χ4v) is 2.91. The molecule has 21 heavy (non-hydrogen) atoms. The number of rotatable bonds is 3. The zero-order valence-electron chi connectivity index (χ0n) is 11.8.